The zero-order valence-electron chi connectivity index (χ0n) is 12.6. The summed E-state index contributed by atoms with van der Waals surface area (Å²) in [5.41, 5.74) is 0. The van der Waals surface area contributed by atoms with E-state index in [2.05, 4.69) is 72.8 Å². The molecule has 0 amide bonds. The Hall–Kier alpha value is -2.16. The number of benzene rings is 3. The Morgan fingerprint density at radius 1 is 0.591 bits per heavy atom. The van der Waals surface area contributed by atoms with Crippen LogP contribution in [-0.4, -0.2) is 8.32 Å². The highest BCUT2D eigenvalue weighted by Gasteiger charge is 2.41. The minimum absolute atomic E-state index is 1.26. The molecule has 0 bridgehead atoms. The Bertz CT molecular complexity index is 599. The molecular formula is C20H19OSi. The van der Waals surface area contributed by atoms with Crippen LogP contribution in [0.4, 0.5) is 0 Å². The Labute approximate surface area is 133 Å². The van der Waals surface area contributed by atoms with Gasteiger partial charge in [-0.05, 0) is 22.5 Å². The summed E-state index contributed by atoms with van der Waals surface area (Å²) in [7, 11) is -2.48. The van der Waals surface area contributed by atoms with E-state index >= 15 is 0 Å². The van der Waals surface area contributed by atoms with E-state index in [0.29, 0.717) is 0 Å². The molecule has 0 saturated carbocycles. The zero-order valence-corrected chi connectivity index (χ0v) is 13.6. The van der Waals surface area contributed by atoms with Crippen LogP contribution in [-0.2, 0) is 4.43 Å². The van der Waals surface area contributed by atoms with E-state index < -0.39 is 8.32 Å². The van der Waals surface area contributed by atoms with Crippen LogP contribution in [0.3, 0.4) is 0 Å². The van der Waals surface area contributed by atoms with Gasteiger partial charge < -0.3 is 4.43 Å². The van der Waals surface area contributed by atoms with Gasteiger partial charge in [-0.3, -0.25) is 0 Å². The third-order valence-corrected chi connectivity index (χ3v) is 7.86. The van der Waals surface area contributed by atoms with Crippen molar-refractivity contribution in [3.63, 3.8) is 0 Å². The summed E-state index contributed by atoms with van der Waals surface area (Å²) < 4.78 is 6.40. The lowest BCUT2D eigenvalue weighted by Gasteiger charge is -2.32. The highest BCUT2D eigenvalue weighted by atomic mass is 28.4. The molecule has 0 fully saturated rings. The fourth-order valence-electron chi connectivity index (χ4n) is 2.90. The third-order valence-electron chi connectivity index (χ3n) is 3.84. The van der Waals surface area contributed by atoms with Crippen molar-refractivity contribution in [3.05, 3.63) is 97.6 Å². The molecule has 1 radical (unpaired) electrons. The maximum Gasteiger partial charge on any atom is 0.288 e. The van der Waals surface area contributed by atoms with E-state index in [1.807, 2.05) is 31.7 Å². The van der Waals surface area contributed by atoms with Crippen LogP contribution in [0.2, 0.25) is 0 Å². The number of rotatable bonds is 5. The molecule has 3 aromatic rings. The average molecular weight is 303 g/mol. The van der Waals surface area contributed by atoms with Crippen molar-refractivity contribution in [2.75, 3.05) is 0 Å². The van der Waals surface area contributed by atoms with E-state index in [-0.39, 0.29) is 0 Å². The first-order valence-electron chi connectivity index (χ1n) is 7.50. The van der Waals surface area contributed by atoms with E-state index in [1.165, 1.54) is 15.6 Å². The van der Waals surface area contributed by atoms with Crippen molar-refractivity contribution >= 4 is 23.9 Å². The third kappa shape index (κ3) is 2.63. The van der Waals surface area contributed by atoms with E-state index in [0.717, 1.165) is 0 Å². The van der Waals surface area contributed by atoms with Crippen LogP contribution < -0.4 is 15.6 Å². The van der Waals surface area contributed by atoms with Crippen LogP contribution >= 0.6 is 0 Å². The summed E-state index contributed by atoms with van der Waals surface area (Å²) >= 11 is 0. The van der Waals surface area contributed by atoms with Crippen LogP contribution in [0, 0.1) is 6.61 Å². The molecule has 2 heteroatoms. The molecule has 0 heterocycles. The zero-order chi connectivity index (χ0) is 15.3. The molecular weight excluding hydrogens is 284 g/mol. The Kier molecular flexibility index (Phi) is 4.52. The predicted octanol–water partition coefficient (Wildman–Crippen LogP) is 2.85. The topological polar surface area (TPSA) is 9.23 Å². The van der Waals surface area contributed by atoms with Crippen molar-refractivity contribution in [3.8, 4) is 0 Å². The molecule has 0 N–H and O–H groups in total. The van der Waals surface area contributed by atoms with Crippen LogP contribution in [0.25, 0.3) is 0 Å². The van der Waals surface area contributed by atoms with E-state index in [1.54, 1.807) is 0 Å². The molecule has 0 atom stereocenters. The summed E-state index contributed by atoms with van der Waals surface area (Å²) in [4.78, 5) is 0. The highest BCUT2D eigenvalue weighted by Crippen LogP contribution is 2.10. The molecule has 0 saturated heterocycles. The predicted molar refractivity (Wildman–Crippen MR) is 95.0 cm³/mol. The summed E-state index contributed by atoms with van der Waals surface area (Å²) in [6, 6.07) is 31.7. The smallest absolute Gasteiger partial charge is 0.288 e. The maximum absolute atomic E-state index is 6.40. The second-order valence-electron chi connectivity index (χ2n) is 5.13. The molecule has 3 aromatic carbocycles. The lowest BCUT2D eigenvalue weighted by atomic mass is 10.3. The molecule has 3 rings (SSSR count). The second-order valence-corrected chi connectivity index (χ2v) is 8.46. The first kappa shape index (κ1) is 14.8. The molecule has 0 aromatic heterocycles. The fraction of sp³-hybridized carbons (Fsp3) is 0.0500. The van der Waals surface area contributed by atoms with Crippen LogP contribution in [0.15, 0.2) is 91.0 Å². The van der Waals surface area contributed by atoms with Crippen molar-refractivity contribution in [2.24, 2.45) is 0 Å². The molecule has 109 valence electrons. The Morgan fingerprint density at radius 2 is 0.909 bits per heavy atom. The molecule has 0 unspecified atom stereocenters. The van der Waals surface area contributed by atoms with Gasteiger partial charge in [0, 0.05) is 0 Å². The van der Waals surface area contributed by atoms with Crippen molar-refractivity contribution < 1.29 is 4.43 Å². The van der Waals surface area contributed by atoms with Gasteiger partial charge in [0.1, 0.15) is 0 Å². The summed E-state index contributed by atoms with van der Waals surface area (Å²) in [5, 5.41) is 3.77. The van der Waals surface area contributed by atoms with Crippen molar-refractivity contribution in [2.45, 2.75) is 6.92 Å². The normalized spacial score (nSPS) is 11.3. The maximum atomic E-state index is 6.40. The SMILES string of the molecule is C[CH]O[Si](c1ccccc1)(c1ccccc1)c1ccccc1. The monoisotopic (exact) mass is 303 g/mol. The minimum Gasteiger partial charge on any atom is -0.399 e. The Morgan fingerprint density at radius 3 is 1.18 bits per heavy atom. The van der Waals surface area contributed by atoms with E-state index in [4.69, 9.17) is 4.43 Å². The van der Waals surface area contributed by atoms with Gasteiger partial charge in [-0.2, -0.15) is 0 Å². The second kappa shape index (κ2) is 6.73. The minimum atomic E-state index is -2.48. The van der Waals surface area contributed by atoms with E-state index in [9.17, 15) is 0 Å². The van der Waals surface area contributed by atoms with Crippen molar-refractivity contribution in [1.82, 2.24) is 0 Å². The van der Waals surface area contributed by atoms with Crippen LogP contribution in [0.1, 0.15) is 6.92 Å². The first-order chi connectivity index (χ1) is 10.9. The lowest BCUT2D eigenvalue weighted by molar-refractivity contribution is 0.428. The first-order valence-corrected chi connectivity index (χ1v) is 9.41. The van der Waals surface area contributed by atoms with Gasteiger partial charge in [-0.15, -0.1) is 0 Å². The molecule has 0 aliphatic heterocycles. The summed E-state index contributed by atoms with van der Waals surface area (Å²) in [5.74, 6) is 0. The molecule has 0 spiro atoms. The Balaban J connectivity index is 2.29. The summed E-state index contributed by atoms with van der Waals surface area (Å²) in [6.07, 6.45) is 0. The highest BCUT2D eigenvalue weighted by molar-refractivity contribution is 7.07. The molecule has 22 heavy (non-hydrogen) atoms. The lowest BCUT2D eigenvalue weighted by Crippen LogP contribution is -2.68. The average Bonchev–Trinajstić information content (AvgIpc) is 2.62. The summed E-state index contributed by atoms with van der Waals surface area (Å²) in [6.45, 7) is 3.79. The quantitative estimate of drug-likeness (QED) is 0.520. The van der Waals surface area contributed by atoms with Gasteiger partial charge in [-0.25, -0.2) is 0 Å². The largest absolute Gasteiger partial charge is 0.399 e. The van der Waals surface area contributed by atoms with Crippen molar-refractivity contribution in [1.29, 1.82) is 0 Å². The van der Waals surface area contributed by atoms with Gasteiger partial charge >= 0.3 is 0 Å². The van der Waals surface area contributed by atoms with Gasteiger partial charge in [-0.1, -0.05) is 91.0 Å². The number of hydrogen-bond donors (Lipinski definition) is 0. The number of hydrogen-bond acceptors (Lipinski definition) is 1. The standard InChI is InChI=1S/C20H19OSi/c1-2-21-22(18-12-6-3-7-13-18,19-14-8-4-9-15-19)20-16-10-5-11-17-20/h2-17H,1H3. The van der Waals surface area contributed by atoms with Crippen LogP contribution in [0.5, 0.6) is 0 Å². The van der Waals surface area contributed by atoms with Gasteiger partial charge in [0.2, 0.25) is 0 Å². The molecule has 1 nitrogen and oxygen atoms in total. The van der Waals surface area contributed by atoms with Gasteiger partial charge in [0.05, 0.1) is 6.61 Å². The van der Waals surface area contributed by atoms with Gasteiger partial charge in [0.25, 0.3) is 8.32 Å². The molecule has 0 aliphatic rings. The van der Waals surface area contributed by atoms with Gasteiger partial charge in [0.15, 0.2) is 0 Å². The molecule has 0 aliphatic carbocycles. The fourth-order valence-corrected chi connectivity index (χ4v) is 6.65.